The molecule has 0 aromatic heterocycles. The van der Waals surface area contributed by atoms with Crippen LogP contribution in [0.25, 0.3) is 0 Å². The summed E-state index contributed by atoms with van der Waals surface area (Å²) in [4.78, 5) is 27.4. The van der Waals surface area contributed by atoms with Crippen LogP contribution >= 0.6 is 0 Å². The number of aldehydes is 1. The van der Waals surface area contributed by atoms with Crippen LogP contribution in [0.15, 0.2) is 17.3 Å². The summed E-state index contributed by atoms with van der Waals surface area (Å²) >= 11 is 0. The van der Waals surface area contributed by atoms with Crippen LogP contribution in [-0.4, -0.2) is 185 Å². The largest absolute Gasteiger partial charge is 0.462 e. The van der Waals surface area contributed by atoms with Crippen LogP contribution < -0.4 is 0 Å². The van der Waals surface area contributed by atoms with Gasteiger partial charge in [-0.05, 0) is 65.8 Å². The summed E-state index contributed by atoms with van der Waals surface area (Å²) < 4.78 is 41.4. The maximum absolute atomic E-state index is 13.7. The first-order valence-electron chi connectivity index (χ1n) is 19.7. The van der Waals surface area contributed by atoms with E-state index in [0.29, 0.717) is 6.29 Å². The van der Waals surface area contributed by atoms with Crippen LogP contribution in [-0.2, 0) is 42.7 Å². The average Bonchev–Trinajstić information content (AvgIpc) is 3.15. The van der Waals surface area contributed by atoms with Crippen molar-refractivity contribution in [2.24, 2.45) is 28.8 Å². The maximum Gasteiger partial charge on any atom is 0.308 e. The molecule has 3 rings (SSSR count). The van der Waals surface area contributed by atoms with Crippen molar-refractivity contribution >= 4 is 18.0 Å². The number of carbonyl (C=O) groups excluding carboxylic acids is 2. The molecule has 0 radical (unpaired) electrons. The van der Waals surface area contributed by atoms with Gasteiger partial charge < -0.3 is 78.7 Å². The number of cyclic esters (lactones) is 1. The summed E-state index contributed by atoms with van der Waals surface area (Å²) in [5.41, 5.74) is -1.95. The fourth-order valence-corrected chi connectivity index (χ4v) is 8.21. The Balaban J connectivity index is 2.05. The van der Waals surface area contributed by atoms with E-state index in [-0.39, 0.29) is 31.6 Å². The molecule has 0 aromatic rings. The number of aliphatic hydroxyl groups excluding tert-OH is 5. The third-order valence-electron chi connectivity index (χ3n) is 11.9. The molecule has 0 aliphatic carbocycles. The maximum atomic E-state index is 13.7. The molecule has 3 heterocycles. The molecule has 0 amide bonds. The molecule has 2 saturated heterocycles. The molecule has 3 unspecified atom stereocenters. The number of oxime groups is 1. The van der Waals surface area contributed by atoms with E-state index in [2.05, 4.69) is 5.16 Å². The number of carbonyl (C=O) groups is 2. The second-order valence-electron chi connectivity index (χ2n) is 16.2. The number of allylic oxidation sites excluding steroid dienone is 1. The van der Waals surface area contributed by atoms with Crippen LogP contribution in [0.4, 0.5) is 0 Å². The first-order chi connectivity index (χ1) is 26.8. The van der Waals surface area contributed by atoms with Gasteiger partial charge in [-0.1, -0.05) is 25.9 Å². The number of hydrogen-bond donors (Lipinski definition) is 7. The molecule has 19 atom stereocenters. The van der Waals surface area contributed by atoms with E-state index in [1.54, 1.807) is 53.6 Å². The van der Waals surface area contributed by atoms with Crippen molar-refractivity contribution < 1.29 is 78.6 Å². The normalized spacial score (nSPS) is 45.8. The van der Waals surface area contributed by atoms with E-state index < -0.39 is 127 Å². The van der Waals surface area contributed by atoms with E-state index in [0.717, 1.165) is 0 Å². The lowest BCUT2D eigenvalue weighted by atomic mass is 9.79. The van der Waals surface area contributed by atoms with E-state index in [1.807, 2.05) is 0 Å². The smallest absolute Gasteiger partial charge is 0.308 e. The summed E-state index contributed by atoms with van der Waals surface area (Å²) in [6.45, 7) is 9.30. The molecule has 7 N–H and O–H groups in total. The molecule has 57 heavy (non-hydrogen) atoms. The van der Waals surface area contributed by atoms with Crippen molar-refractivity contribution in [3.8, 4) is 0 Å². The zero-order valence-corrected chi connectivity index (χ0v) is 34.9. The highest BCUT2D eigenvalue weighted by Gasteiger charge is 2.49. The van der Waals surface area contributed by atoms with Gasteiger partial charge in [-0.25, -0.2) is 0 Å². The van der Waals surface area contributed by atoms with Gasteiger partial charge in [0.15, 0.2) is 12.6 Å². The average molecular weight is 821 g/mol. The Kier molecular flexibility index (Phi) is 18.9. The number of likely N-dealkylation sites (N-methyl/N-ethyl adjacent to an activating group) is 1. The molecule has 18 heteroatoms. The minimum atomic E-state index is -2.03. The number of methoxy groups -OCH3 is 2. The lowest BCUT2D eigenvalue weighted by Crippen LogP contribution is -2.63. The van der Waals surface area contributed by atoms with Crippen molar-refractivity contribution in [2.75, 3.05) is 34.9 Å². The number of rotatable bonds is 11. The molecule has 0 bridgehead atoms. The molecule has 330 valence electrons. The van der Waals surface area contributed by atoms with Gasteiger partial charge in [-0.3, -0.25) is 4.79 Å². The minimum absolute atomic E-state index is 0.0822. The summed E-state index contributed by atoms with van der Waals surface area (Å²) in [5, 5.41) is 81.5. The zero-order chi connectivity index (χ0) is 42.9. The predicted octanol–water partition coefficient (Wildman–Crippen LogP) is -0.0109. The van der Waals surface area contributed by atoms with Crippen LogP contribution in [0, 0.1) is 23.7 Å². The Hall–Kier alpha value is -2.17. The summed E-state index contributed by atoms with van der Waals surface area (Å²) in [6.07, 6.45) is -11.3. The van der Waals surface area contributed by atoms with Gasteiger partial charge in [0, 0.05) is 38.4 Å². The van der Waals surface area contributed by atoms with Crippen LogP contribution in [0.5, 0.6) is 0 Å². The number of aliphatic hydroxyl groups is 6. The van der Waals surface area contributed by atoms with Crippen molar-refractivity contribution in [1.29, 1.82) is 0 Å². The molecular weight excluding hydrogens is 752 g/mol. The fourth-order valence-electron chi connectivity index (χ4n) is 8.21. The predicted molar refractivity (Wildman–Crippen MR) is 203 cm³/mol. The van der Waals surface area contributed by atoms with E-state index in [1.165, 1.54) is 33.3 Å². The second kappa shape index (κ2) is 21.9. The molecule has 0 saturated carbocycles. The highest BCUT2D eigenvalue weighted by molar-refractivity contribution is 5.96. The van der Waals surface area contributed by atoms with Crippen molar-refractivity contribution in [2.45, 2.75) is 159 Å². The van der Waals surface area contributed by atoms with Gasteiger partial charge in [0.2, 0.25) is 0 Å². The Labute approximate surface area is 335 Å². The number of esters is 1. The zero-order valence-electron chi connectivity index (χ0n) is 34.9. The van der Waals surface area contributed by atoms with Gasteiger partial charge in [-0.2, -0.15) is 0 Å². The number of nitrogens with zero attached hydrogens (tertiary/aromatic N) is 2. The lowest BCUT2D eigenvalue weighted by Gasteiger charge is -2.46. The number of hydrogen-bond acceptors (Lipinski definition) is 18. The quantitative estimate of drug-likeness (QED) is 0.0626. The van der Waals surface area contributed by atoms with Crippen molar-refractivity contribution in [1.82, 2.24) is 4.90 Å². The van der Waals surface area contributed by atoms with E-state index in [9.17, 15) is 45.4 Å². The molecule has 18 nitrogen and oxygen atoms in total. The topological polar surface area (TPSA) is 256 Å². The lowest BCUT2D eigenvalue weighted by molar-refractivity contribution is -0.307. The van der Waals surface area contributed by atoms with E-state index in [4.69, 9.17) is 33.2 Å². The van der Waals surface area contributed by atoms with Crippen LogP contribution in [0.2, 0.25) is 0 Å². The first kappa shape index (κ1) is 49.2. The molecule has 0 aromatic carbocycles. The van der Waals surface area contributed by atoms with Gasteiger partial charge in [-0.15, -0.1) is 0 Å². The third kappa shape index (κ3) is 12.0. The Morgan fingerprint density at radius 2 is 1.56 bits per heavy atom. The van der Waals surface area contributed by atoms with Gasteiger partial charge in [0.25, 0.3) is 0 Å². The minimum Gasteiger partial charge on any atom is -0.462 e. The summed E-state index contributed by atoms with van der Waals surface area (Å²) in [5.74, 6) is -4.13. The third-order valence-corrected chi connectivity index (χ3v) is 11.9. The van der Waals surface area contributed by atoms with E-state index >= 15 is 0 Å². The SMILES string of the molecule is CC[C@H]1OC(=O)C[C@@H](O)[C@H](C)[C@@H](O[C@@H]2O[C@H](C)[C@@H](O)[C@H](N(C)C)[C@H]2O)[C@@H](CC=O)C[C@@H](C)C(=N\O)/C=C/C(C)(O)C(O)C1CO[C@@H]1O[C@H](C)[C@@H](O)[C@@H](OC)[C@H]1OC. The van der Waals surface area contributed by atoms with Crippen LogP contribution in [0.1, 0.15) is 67.2 Å². The van der Waals surface area contributed by atoms with Crippen molar-refractivity contribution in [3.05, 3.63) is 12.2 Å². The molecule has 2 fully saturated rings. The van der Waals surface area contributed by atoms with Gasteiger partial charge in [0.05, 0.1) is 61.4 Å². The standard InChI is InChI=1S/C39H68N2O16/c1-11-27-24(18-53-38-35(52-10)34(51-9)31(46)22(5)55-38)36(48)39(6,49)14-12-25(40-50)19(2)16-23(13-15-42)33(20(3)26(43)17-28(44)56-27)57-37-32(47)29(41(7)8)30(45)21(4)54-37/h12,14-15,19-24,26-27,29-38,43,45-50H,11,13,16-18H2,1-10H3/b14-12+,40-25-/t19-,20+,21-,22-,23+,24?,26-,27-,29+,30-,31-,32-,33-,34-,35-,36?,37+,38-,39?/m1/s1. The fraction of sp³-hybridized carbons (Fsp3) is 0.872. The number of ether oxygens (including phenoxy) is 7. The molecule has 3 aliphatic heterocycles. The van der Waals surface area contributed by atoms with Gasteiger partial charge in [0.1, 0.15) is 42.4 Å². The second-order valence-corrected chi connectivity index (χ2v) is 16.2. The highest BCUT2D eigenvalue weighted by Crippen LogP contribution is 2.36. The summed E-state index contributed by atoms with van der Waals surface area (Å²) in [7, 11) is 6.19. The Morgan fingerprint density at radius 1 is 0.947 bits per heavy atom. The Bertz CT molecular complexity index is 1320. The van der Waals surface area contributed by atoms with Gasteiger partial charge >= 0.3 is 5.97 Å². The first-order valence-corrected chi connectivity index (χ1v) is 19.7. The van der Waals surface area contributed by atoms with Crippen molar-refractivity contribution in [3.63, 3.8) is 0 Å². The monoisotopic (exact) mass is 820 g/mol. The van der Waals surface area contributed by atoms with Crippen LogP contribution in [0.3, 0.4) is 0 Å². The summed E-state index contributed by atoms with van der Waals surface area (Å²) in [6, 6.07) is -0.783. The molecular formula is C39H68N2O16. The molecule has 0 spiro atoms. The highest BCUT2D eigenvalue weighted by atomic mass is 16.7. The Morgan fingerprint density at radius 3 is 2.12 bits per heavy atom. The molecule has 3 aliphatic rings.